The first kappa shape index (κ1) is 12.1. The van der Waals surface area contributed by atoms with Crippen molar-refractivity contribution in [1.82, 2.24) is 0 Å². The van der Waals surface area contributed by atoms with Gasteiger partial charge in [-0.3, -0.25) is 0 Å². The van der Waals surface area contributed by atoms with Gasteiger partial charge in [0.05, 0.1) is 6.10 Å². The zero-order valence-electron chi connectivity index (χ0n) is 8.85. The third-order valence-corrected chi connectivity index (χ3v) is 3.01. The lowest BCUT2D eigenvalue weighted by molar-refractivity contribution is 0.0781. The van der Waals surface area contributed by atoms with Crippen LogP contribution in [-0.2, 0) is 4.74 Å². The molecule has 0 aliphatic carbocycles. The Bertz CT molecular complexity index is 288. The molecule has 1 rings (SSSR count). The van der Waals surface area contributed by atoms with E-state index in [1.807, 2.05) is 17.8 Å². The van der Waals surface area contributed by atoms with E-state index in [1.54, 1.807) is 6.08 Å². The van der Waals surface area contributed by atoms with E-state index in [4.69, 9.17) is 16.2 Å². The summed E-state index contributed by atoms with van der Waals surface area (Å²) in [6.45, 7) is 5.50. The molecule has 0 aromatic heterocycles. The lowest BCUT2D eigenvalue weighted by atomic mass is 10.2. The molecule has 0 amide bonds. The van der Waals surface area contributed by atoms with Crippen LogP contribution in [0.5, 0.6) is 0 Å². The van der Waals surface area contributed by atoms with Crippen LogP contribution in [0.3, 0.4) is 0 Å². The van der Waals surface area contributed by atoms with Crippen LogP contribution in [0, 0.1) is 0 Å². The lowest BCUT2D eigenvalue weighted by Crippen LogP contribution is -2.12. The van der Waals surface area contributed by atoms with Crippen molar-refractivity contribution < 1.29 is 4.74 Å². The second kappa shape index (κ2) is 5.82. The first-order valence-electron chi connectivity index (χ1n) is 4.80. The maximum absolute atomic E-state index is 5.61. The van der Waals surface area contributed by atoms with Gasteiger partial charge in [0.15, 0.2) is 0 Å². The van der Waals surface area contributed by atoms with Crippen LogP contribution in [0.4, 0.5) is 0 Å². The number of rotatable bonds is 4. The van der Waals surface area contributed by atoms with Crippen molar-refractivity contribution in [1.29, 1.82) is 0 Å². The zero-order valence-corrected chi connectivity index (χ0v) is 9.67. The molecular weight excluding hydrogens is 210 g/mol. The molecule has 0 aromatic carbocycles. The van der Waals surface area contributed by atoms with Crippen LogP contribution in [0.2, 0.25) is 0 Å². The summed E-state index contributed by atoms with van der Waals surface area (Å²) in [7, 11) is 0. The molecule has 0 spiro atoms. The minimum Gasteiger partial charge on any atom is -0.384 e. The van der Waals surface area contributed by atoms with Gasteiger partial charge in [0.1, 0.15) is 17.1 Å². The van der Waals surface area contributed by atoms with E-state index >= 15 is 0 Å². The fourth-order valence-electron chi connectivity index (χ4n) is 1.26. The summed E-state index contributed by atoms with van der Waals surface area (Å²) in [4.78, 5) is 3.80. The van der Waals surface area contributed by atoms with Crippen LogP contribution < -0.4 is 11.5 Å². The first-order chi connectivity index (χ1) is 7.08. The molecular formula is C10H17N3OS. The molecule has 5 heteroatoms. The average Bonchev–Trinajstić information content (AvgIpc) is 2.50. The maximum Gasteiger partial charge on any atom is 0.125 e. The fourth-order valence-corrected chi connectivity index (χ4v) is 2.20. The Morgan fingerprint density at radius 3 is 2.93 bits per heavy atom. The number of hydrogen-bond donors (Lipinski definition) is 2. The Labute approximate surface area is 94.5 Å². The minimum absolute atomic E-state index is 0.221. The highest BCUT2D eigenvalue weighted by Gasteiger charge is 2.20. The van der Waals surface area contributed by atoms with Gasteiger partial charge >= 0.3 is 0 Å². The second-order valence-electron chi connectivity index (χ2n) is 3.33. The van der Waals surface area contributed by atoms with Gasteiger partial charge in [-0.1, -0.05) is 12.7 Å². The van der Waals surface area contributed by atoms with E-state index in [2.05, 4.69) is 18.5 Å². The molecule has 1 fully saturated rings. The Morgan fingerprint density at radius 1 is 1.67 bits per heavy atom. The van der Waals surface area contributed by atoms with Gasteiger partial charge in [-0.2, -0.15) is 0 Å². The predicted octanol–water partition coefficient (Wildman–Crippen LogP) is 1.20. The van der Waals surface area contributed by atoms with Crippen molar-refractivity contribution in [3.63, 3.8) is 0 Å². The van der Waals surface area contributed by atoms with Crippen molar-refractivity contribution in [2.75, 3.05) is 5.75 Å². The molecule has 15 heavy (non-hydrogen) atoms. The number of amidine groups is 1. The van der Waals surface area contributed by atoms with Gasteiger partial charge in [-0.05, 0) is 19.4 Å². The summed E-state index contributed by atoms with van der Waals surface area (Å²) in [6.07, 6.45) is 4.82. The summed E-state index contributed by atoms with van der Waals surface area (Å²) < 4.78 is 5.61. The van der Waals surface area contributed by atoms with Gasteiger partial charge in [0, 0.05) is 5.75 Å². The van der Waals surface area contributed by atoms with Crippen molar-refractivity contribution in [3.05, 3.63) is 24.6 Å². The number of nitrogens with two attached hydrogens (primary N) is 2. The van der Waals surface area contributed by atoms with E-state index in [0.717, 1.165) is 12.2 Å². The normalized spacial score (nSPS) is 27.4. The molecule has 4 nitrogen and oxygen atoms in total. The number of nitrogens with zero attached hydrogens (tertiary/aromatic N) is 1. The average molecular weight is 227 g/mol. The molecule has 1 aliphatic heterocycles. The summed E-state index contributed by atoms with van der Waals surface area (Å²) in [6, 6.07) is 0. The first-order valence-corrected chi connectivity index (χ1v) is 5.85. The predicted molar refractivity (Wildman–Crippen MR) is 65.5 cm³/mol. The molecule has 1 heterocycles. The molecule has 0 saturated carbocycles. The van der Waals surface area contributed by atoms with Crippen LogP contribution in [0.1, 0.15) is 13.3 Å². The van der Waals surface area contributed by atoms with Crippen molar-refractivity contribution >= 4 is 17.6 Å². The van der Waals surface area contributed by atoms with Gasteiger partial charge in [0.2, 0.25) is 0 Å². The minimum atomic E-state index is 0.221. The highest BCUT2D eigenvalue weighted by Crippen LogP contribution is 2.26. The Morgan fingerprint density at radius 2 is 2.40 bits per heavy atom. The topological polar surface area (TPSA) is 73.6 Å². The third-order valence-electron chi connectivity index (χ3n) is 1.86. The molecule has 0 aromatic rings. The second-order valence-corrected chi connectivity index (χ2v) is 4.66. The van der Waals surface area contributed by atoms with E-state index < -0.39 is 0 Å². The third kappa shape index (κ3) is 4.90. The highest BCUT2D eigenvalue weighted by atomic mass is 32.2. The molecule has 1 aliphatic rings. The Hall–Kier alpha value is -0.940. The maximum atomic E-state index is 5.61. The summed E-state index contributed by atoms with van der Waals surface area (Å²) in [5.41, 5.74) is 11.1. The summed E-state index contributed by atoms with van der Waals surface area (Å²) in [5, 5.41) is 0. The van der Waals surface area contributed by atoms with E-state index in [-0.39, 0.29) is 11.9 Å². The van der Waals surface area contributed by atoms with Crippen LogP contribution in [0.25, 0.3) is 0 Å². The molecule has 84 valence electrons. The number of aliphatic imine (C=N–C) groups is 1. The fraction of sp³-hybridized carbons (Fsp3) is 0.500. The van der Waals surface area contributed by atoms with Crippen LogP contribution in [0.15, 0.2) is 29.5 Å². The molecule has 0 radical (unpaired) electrons. The van der Waals surface area contributed by atoms with E-state index in [1.165, 1.54) is 0 Å². The van der Waals surface area contributed by atoms with E-state index in [9.17, 15) is 0 Å². The number of thioether (sulfide) groups is 1. The smallest absolute Gasteiger partial charge is 0.125 e. The van der Waals surface area contributed by atoms with Crippen LogP contribution >= 0.6 is 11.8 Å². The van der Waals surface area contributed by atoms with Crippen molar-refractivity contribution in [2.45, 2.75) is 24.9 Å². The molecule has 1 saturated heterocycles. The lowest BCUT2D eigenvalue weighted by Gasteiger charge is -2.05. The molecule has 4 N–H and O–H groups in total. The molecule has 0 unspecified atom stereocenters. The SMILES string of the molecule is C=C(N)/N=C(N)\C=C/C[C@@H]1CS[C@H](C)O1. The highest BCUT2D eigenvalue weighted by molar-refractivity contribution is 7.99. The monoisotopic (exact) mass is 227 g/mol. The van der Waals surface area contributed by atoms with Gasteiger partial charge in [-0.25, -0.2) is 4.99 Å². The number of hydrogen-bond acceptors (Lipinski definition) is 4. The Balaban J connectivity index is 2.30. The van der Waals surface area contributed by atoms with Gasteiger partial charge in [0.25, 0.3) is 0 Å². The molecule has 2 atom stereocenters. The molecule has 0 bridgehead atoms. The van der Waals surface area contributed by atoms with Crippen molar-refractivity contribution in [3.8, 4) is 0 Å². The van der Waals surface area contributed by atoms with E-state index in [0.29, 0.717) is 11.3 Å². The summed E-state index contributed by atoms with van der Waals surface area (Å²) >= 11 is 1.82. The zero-order chi connectivity index (χ0) is 11.3. The number of ether oxygens (including phenoxy) is 1. The Kier molecular flexibility index (Phi) is 4.71. The quantitative estimate of drug-likeness (QED) is 0.559. The largest absolute Gasteiger partial charge is 0.384 e. The van der Waals surface area contributed by atoms with Gasteiger partial charge in [-0.15, -0.1) is 11.8 Å². The standard InChI is InChI=1S/C10H17N3OS/c1-7(11)13-10(12)5-3-4-9-6-15-8(2)14-9/h3,5,8-9H,1,4,6,11H2,2H3,(H2,12,13)/b5-3-/t8-,9-/m1/s1. The summed E-state index contributed by atoms with van der Waals surface area (Å²) in [5.74, 6) is 1.63. The van der Waals surface area contributed by atoms with Crippen LogP contribution in [-0.4, -0.2) is 23.1 Å². The van der Waals surface area contributed by atoms with Gasteiger partial charge < -0.3 is 16.2 Å². The van der Waals surface area contributed by atoms with Crippen molar-refractivity contribution in [2.24, 2.45) is 16.5 Å².